The van der Waals surface area contributed by atoms with Crippen LogP contribution >= 0.6 is 11.8 Å². The standard InChI is InChI=1S/C18H24N6O3S2/c1-3-16-20-18(22-21-16)28-12-17-19-14-11-13(5-6-15(14)24(17)4-2)29(25,26)23-7-9-27-10-8-23/h5-6,11H,3-4,7-10,12H2,1-2H3,(H,20,21,22). The van der Waals surface area contributed by atoms with Gasteiger partial charge in [-0.1, -0.05) is 18.7 Å². The summed E-state index contributed by atoms with van der Waals surface area (Å²) in [7, 11) is -3.54. The van der Waals surface area contributed by atoms with E-state index in [1.807, 2.05) is 13.0 Å². The maximum Gasteiger partial charge on any atom is 0.243 e. The van der Waals surface area contributed by atoms with E-state index in [4.69, 9.17) is 9.72 Å². The molecule has 0 spiro atoms. The summed E-state index contributed by atoms with van der Waals surface area (Å²) in [5.74, 6) is 2.33. The van der Waals surface area contributed by atoms with Crippen LogP contribution < -0.4 is 0 Å². The number of imidazole rings is 1. The minimum Gasteiger partial charge on any atom is -0.379 e. The van der Waals surface area contributed by atoms with Crippen molar-refractivity contribution in [3.05, 3.63) is 29.8 Å². The fourth-order valence-electron chi connectivity index (χ4n) is 3.35. The van der Waals surface area contributed by atoms with Gasteiger partial charge in [0.2, 0.25) is 15.2 Å². The van der Waals surface area contributed by atoms with Crippen LogP contribution in [0.15, 0.2) is 28.3 Å². The normalized spacial score (nSPS) is 15.9. The Balaban J connectivity index is 1.61. The summed E-state index contributed by atoms with van der Waals surface area (Å²) in [6.07, 6.45) is 0.807. The first-order valence-corrected chi connectivity index (χ1v) is 12.1. The molecule has 1 saturated heterocycles. The van der Waals surface area contributed by atoms with Crippen molar-refractivity contribution in [3.8, 4) is 0 Å². The van der Waals surface area contributed by atoms with Crippen LogP contribution in [0.4, 0.5) is 0 Å². The molecule has 0 radical (unpaired) electrons. The van der Waals surface area contributed by atoms with E-state index in [-0.39, 0.29) is 4.90 Å². The zero-order valence-electron chi connectivity index (χ0n) is 16.5. The molecule has 0 saturated carbocycles. The molecule has 3 heterocycles. The number of benzene rings is 1. The average molecular weight is 437 g/mol. The van der Waals surface area contributed by atoms with Crippen molar-refractivity contribution < 1.29 is 13.2 Å². The number of aromatic nitrogens is 5. The quantitative estimate of drug-likeness (QED) is 0.565. The molecule has 1 fully saturated rings. The van der Waals surface area contributed by atoms with E-state index in [0.29, 0.717) is 42.7 Å². The highest BCUT2D eigenvalue weighted by Crippen LogP contribution is 2.26. The number of fused-ring (bicyclic) bond motifs is 1. The number of rotatable bonds is 7. The smallest absolute Gasteiger partial charge is 0.243 e. The molecule has 9 nitrogen and oxygen atoms in total. The number of nitrogens with one attached hydrogen (secondary N) is 1. The summed E-state index contributed by atoms with van der Waals surface area (Å²) in [5, 5.41) is 7.80. The van der Waals surface area contributed by atoms with Crippen LogP contribution in [0.1, 0.15) is 25.5 Å². The van der Waals surface area contributed by atoms with Gasteiger partial charge in [0.05, 0.1) is 34.9 Å². The second-order valence-corrected chi connectivity index (χ2v) is 9.53. The van der Waals surface area contributed by atoms with Crippen molar-refractivity contribution >= 4 is 32.8 Å². The highest BCUT2D eigenvalue weighted by atomic mass is 32.2. The Bertz CT molecular complexity index is 1100. The lowest BCUT2D eigenvalue weighted by Crippen LogP contribution is -2.40. The van der Waals surface area contributed by atoms with Crippen molar-refractivity contribution in [2.24, 2.45) is 0 Å². The van der Waals surface area contributed by atoms with E-state index < -0.39 is 10.0 Å². The minimum absolute atomic E-state index is 0.272. The first-order valence-electron chi connectivity index (χ1n) is 9.64. The summed E-state index contributed by atoms with van der Waals surface area (Å²) in [4.78, 5) is 9.40. The summed E-state index contributed by atoms with van der Waals surface area (Å²) in [6.45, 7) is 6.42. The molecule has 0 bridgehead atoms. The van der Waals surface area contributed by atoms with Gasteiger partial charge < -0.3 is 9.30 Å². The van der Waals surface area contributed by atoms with Crippen LogP contribution in [0.2, 0.25) is 0 Å². The van der Waals surface area contributed by atoms with E-state index in [1.54, 1.807) is 12.1 Å². The monoisotopic (exact) mass is 436 g/mol. The maximum atomic E-state index is 12.9. The number of nitrogens with zero attached hydrogens (tertiary/aromatic N) is 5. The van der Waals surface area contributed by atoms with Gasteiger partial charge in [-0.3, -0.25) is 5.10 Å². The fourth-order valence-corrected chi connectivity index (χ4v) is 5.54. The second kappa shape index (κ2) is 8.42. The lowest BCUT2D eigenvalue weighted by atomic mass is 10.3. The molecule has 0 atom stereocenters. The summed E-state index contributed by atoms with van der Waals surface area (Å²) < 4.78 is 34.7. The molecule has 2 aromatic heterocycles. The van der Waals surface area contributed by atoms with Crippen LogP contribution in [0.25, 0.3) is 11.0 Å². The molecule has 1 N–H and O–H groups in total. The van der Waals surface area contributed by atoms with Crippen LogP contribution in [-0.2, 0) is 33.5 Å². The van der Waals surface area contributed by atoms with Crippen molar-refractivity contribution in [2.75, 3.05) is 26.3 Å². The van der Waals surface area contributed by atoms with Gasteiger partial charge in [0.1, 0.15) is 11.6 Å². The summed E-state index contributed by atoms with van der Waals surface area (Å²) in [5.41, 5.74) is 1.61. The first-order chi connectivity index (χ1) is 14.0. The fraction of sp³-hybridized carbons (Fsp3) is 0.500. The molecule has 11 heteroatoms. The number of thioether (sulfide) groups is 1. The van der Waals surface area contributed by atoms with Crippen molar-refractivity contribution in [2.45, 2.75) is 42.6 Å². The van der Waals surface area contributed by atoms with Crippen LogP contribution in [-0.4, -0.2) is 63.8 Å². The SMILES string of the molecule is CCc1nc(SCc2nc3cc(S(=O)(=O)N4CCOCC4)ccc3n2CC)n[nH]1. The van der Waals surface area contributed by atoms with Crippen molar-refractivity contribution in [3.63, 3.8) is 0 Å². The Hall–Kier alpha value is -1.95. The van der Waals surface area contributed by atoms with Crippen LogP contribution in [0, 0.1) is 0 Å². The lowest BCUT2D eigenvalue weighted by molar-refractivity contribution is 0.0730. The number of sulfonamides is 1. The maximum absolute atomic E-state index is 12.9. The molecule has 1 aliphatic heterocycles. The van der Waals surface area contributed by atoms with Crippen molar-refractivity contribution in [1.82, 2.24) is 29.0 Å². The van der Waals surface area contributed by atoms with E-state index >= 15 is 0 Å². The molecule has 1 aromatic carbocycles. The topological polar surface area (TPSA) is 106 Å². The molecule has 0 aliphatic carbocycles. The predicted molar refractivity (Wildman–Crippen MR) is 110 cm³/mol. The Morgan fingerprint density at radius 1 is 1.21 bits per heavy atom. The highest BCUT2D eigenvalue weighted by molar-refractivity contribution is 7.98. The Labute approximate surface area is 173 Å². The number of morpholine rings is 1. The third-order valence-electron chi connectivity index (χ3n) is 4.90. The molecule has 3 aromatic rings. The minimum atomic E-state index is -3.54. The zero-order chi connectivity index (χ0) is 20.4. The van der Waals surface area contributed by atoms with Gasteiger partial charge in [0.25, 0.3) is 0 Å². The molecule has 1 aliphatic rings. The van der Waals surface area contributed by atoms with Gasteiger partial charge in [0, 0.05) is 26.1 Å². The third-order valence-corrected chi connectivity index (χ3v) is 7.64. The molecule has 0 unspecified atom stereocenters. The first kappa shape index (κ1) is 20.3. The molecule has 0 amide bonds. The number of hydrogen-bond donors (Lipinski definition) is 1. The Morgan fingerprint density at radius 3 is 2.69 bits per heavy atom. The Kier molecular flexibility index (Phi) is 5.91. The molecular formula is C18H24N6O3S2. The van der Waals surface area contributed by atoms with Crippen molar-refractivity contribution in [1.29, 1.82) is 0 Å². The van der Waals surface area contributed by atoms with Crippen LogP contribution in [0.3, 0.4) is 0 Å². The summed E-state index contributed by atoms with van der Waals surface area (Å²) in [6, 6.07) is 5.18. The number of hydrogen-bond acceptors (Lipinski definition) is 7. The van der Waals surface area contributed by atoms with E-state index in [1.165, 1.54) is 16.1 Å². The van der Waals surface area contributed by atoms with E-state index in [0.717, 1.165) is 30.1 Å². The van der Waals surface area contributed by atoms with E-state index in [2.05, 4.69) is 26.7 Å². The van der Waals surface area contributed by atoms with Gasteiger partial charge in [-0.2, -0.15) is 4.31 Å². The number of H-pyrrole nitrogens is 1. The Morgan fingerprint density at radius 2 is 2.00 bits per heavy atom. The highest BCUT2D eigenvalue weighted by Gasteiger charge is 2.27. The molecule has 4 rings (SSSR count). The second-order valence-electron chi connectivity index (χ2n) is 6.65. The molecular weight excluding hydrogens is 412 g/mol. The third kappa shape index (κ3) is 4.04. The number of ether oxygens (including phenoxy) is 1. The van der Waals surface area contributed by atoms with Crippen LogP contribution in [0.5, 0.6) is 0 Å². The molecule has 156 valence electrons. The van der Waals surface area contributed by atoms with Gasteiger partial charge in [0.15, 0.2) is 0 Å². The van der Waals surface area contributed by atoms with Gasteiger partial charge in [-0.05, 0) is 25.1 Å². The van der Waals surface area contributed by atoms with Gasteiger partial charge >= 0.3 is 0 Å². The summed E-state index contributed by atoms with van der Waals surface area (Å²) >= 11 is 1.51. The molecule has 29 heavy (non-hydrogen) atoms. The largest absolute Gasteiger partial charge is 0.379 e. The predicted octanol–water partition coefficient (Wildman–Crippen LogP) is 2.05. The number of aryl methyl sites for hydroxylation is 2. The average Bonchev–Trinajstić information content (AvgIpc) is 3.35. The lowest BCUT2D eigenvalue weighted by Gasteiger charge is -2.26. The van der Waals surface area contributed by atoms with Gasteiger partial charge in [-0.15, -0.1) is 5.10 Å². The van der Waals surface area contributed by atoms with Gasteiger partial charge in [-0.25, -0.2) is 18.4 Å². The zero-order valence-corrected chi connectivity index (χ0v) is 18.1. The van der Waals surface area contributed by atoms with E-state index in [9.17, 15) is 8.42 Å². The number of aromatic amines is 1.